The van der Waals surface area contributed by atoms with Crippen LogP contribution in [0.1, 0.15) is 0 Å². The standard InChI is InChI=1S/C16H15N3O.ClH/c20-11-10-17-16-13-8-4-5-9-14(13)18-15(19-16)12-6-2-1-3-7-12;/h1-9,20H,10-11H2,(H,17,18,19);1H. The molecule has 0 spiro atoms. The molecule has 108 valence electrons. The van der Waals surface area contributed by atoms with E-state index < -0.39 is 0 Å². The number of aliphatic hydroxyl groups is 1. The van der Waals surface area contributed by atoms with E-state index in [1.807, 2.05) is 54.6 Å². The number of nitrogens with one attached hydrogen (secondary N) is 1. The van der Waals surface area contributed by atoms with E-state index in [1.165, 1.54) is 0 Å². The van der Waals surface area contributed by atoms with Gasteiger partial charge < -0.3 is 10.4 Å². The molecule has 0 radical (unpaired) electrons. The first kappa shape index (κ1) is 15.2. The van der Waals surface area contributed by atoms with Crippen LogP contribution in [-0.4, -0.2) is 28.2 Å². The zero-order valence-electron chi connectivity index (χ0n) is 11.4. The molecule has 0 aliphatic heterocycles. The van der Waals surface area contributed by atoms with Gasteiger partial charge in [-0.25, -0.2) is 9.97 Å². The number of hydrogen-bond acceptors (Lipinski definition) is 4. The van der Waals surface area contributed by atoms with Crippen molar-refractivity contribution in [1.29, 1.82) is 0 Å². The third-order valence-electron chi connectivity index (χ3n) is 3.04. The molecule has 0 aliphatic rings. The number of aromatic nitrogens is 2. The van der Waals surface area contributed by atoms with E-state index in [-0.39, 0.29) is 19.0 Å². The number of benzene rings is 2. The number of nitrogens with zero attached hydrogens (tertiary/aromatic N) is 2. The van der Waals surface area contributed by atoms with Gasteiger partial charge in [0.2, 0.25) is 0 Å². The van der Waals surface area contributed by atoms with Gasteiger partial charge in [-0.1, -0.05) is 42.5 Å². The van der Waals surface area contributed by atoms with Crippen molar-refractivity contribution >= 4 is 29.1 Å². The zero-order valence-corrected chi connectivity index (χ0v) is 12.2. The van der Waals surface area contributed by atoms with Crippen molar-refractivity contribution in [2.24, 2.45) is 0 Å². The summed E-state index contributed by atoms with van der Waals surface area (Å²) in [5.41, 5.74) is 1.87. The molecule has 2 aromatic carbocycles. The summed E-state index contributed by atoms with van der Waals surface area (Å²) in [6, 6.07) is 17.7. The van der Waals surface area contributed by atoms with E-state index >= 15 is 0 Å². The molecule has 0 bridgehead atoms. The van der Waals surface area contributed by atoms with Crippen LogP contribution in [0.3, 0.4) is 0 Å². The number of rotatable bonds is 4. The second kappa shape index (κ2) is 7.02. The van der Waals surface area contributed by atoms with Gasteiger partial charge in [-0.05, 0) is 12.1 Å². The van der Waals surface area contributed by atoms with Crippen LogP contribution in [0.25, 0.3) is 22.3 Å². The summed E-state index contributed by atoms with van der Waals surface area (Å²) in [5, 5.41) is 13.1. The van der Waals surface area contributed by atoms with Crippen LogP contribution < -0.4 is 5.32 Å². The largest absolute Gasteiger partial charge is 0.395 e. The van der Waals surface area contributed by atoms with Crippen LogP contribution in [-0.2, 0) is 0 Å². The molecule has 0 unspecified atom stereocenters. The monoisotopic (exact) mass is 301 g/mol. The summed E-state index contributed by atoms with van der Waals surface area (Å²) in [6.45, 7) is 0.536. The number of para-hydroxylation sites is 1. The van der Waals surface area contributed by atoms with Gasteiger partial charge in [0, 0.05) is 17.5 Å². The van der Waals surface area contributed by atoms with Crippen molar-refractivity contribution in [3.8, 4) is 11.4 Å². The van der Waals surface area contributed by atoms with Crippen molar-refractivity contribution in [3.63, 3.8) is 0 Å². The van der Waals surface area contributed by atoms with Gasteiger partial charge in [-0.15, -0.1) is 12.4 Å². The Hall–Kier alpha value is -2.17. The Kier molecular flexibility index (Phi) is 5.09. The van der Waals surface area contributed by atoms with Crippen LogP contribution in [0, 0.1) is 0 Å². The molecule has 1 heterocycles. The fraction of sp³-hybridized carbons (Fsp3) is 0.125. The minimum Gasteiger partial charge on any atom is -0.395 e. The van der Waals surface area contributed by atoms with Gasteiger partial charge >= 0.3 is 0 Å². The summed E-state index contributed by atoms with van der Waals surface area (Å²) >= 11 is 0. The topological polar surface area (TPSA) is 58.0 Å². The molecule has 0 atom stereocenters. The first-order valence-electron chi connectivity index (χ1n) is 6.55. The first-order chi connectivity index (χ1) is 9.88. The average Bonchev–Trinajstić information content (AvgIpc) is 2.53. The van der Waals surface area contributed by atoms with Gasteiger partial charge in [-0.2, -0.15) is 0 Å². The Morgan fingerprint density at radius 2 is 1.62 bits per heavy atom. The van der Waals surface area contributed by atoms with E-state index in [9.17, 15) is 0 Å². The van der Waals surface area contributed by atoms with Crippen LogP contribution in [0.4, 0.5) is 5.82 Å². The zero-order chi connectivity index (χ0) is 13.8. The lowest BCUT2D eigenvalue weighted by molar-refractivity contribution is 0.311. The van der Waals surface area contributed by atoms with Crippen LogP contribution in [0.2, 0.25) is 0 Å². The summed E-state index contributed by atoms with van der Waals surface area (Å²) < 4.78 is 0. The van der Waals surface area contributed by atoms with Gasteiger partial charge in [0.25, 0.3) is 0 Å². The van der Waals surface area contributed by atoms with Gasteiger partial charge in [-0.3, -0.25) is 0 Å². The second-order valence-electron chi connectivity index (χ2n) is 4.43. The van der Waals surface area contributed by atoms with Crippen molar-refractivity contribution in [1.82, 2.24) is 9.97 Å². The highest BCUT2D eigenvalue weighted by molar-refractivity contribution is 5.90. The molecular formula is C16H16ClN3O. The first-order valence-corrected chi connectivity index (χ1v) is 6.55. The molecular weight excluding hydrogens is 286 g/mol. The summed E-state index contributed by atoms with van der Waals surface area (Å²) in [7, 11) is 0. The van der Waals surface area contributed by atoms with E-state index in [0.717, 1.165) is 22.3 Å². The molecule has 0 amide bonds. The smallest absolute Gasteiger partial charge is 0.162 e. The Balaban J connectivity index is 0.00000161. The third kappa shape index (κ3) is 3.29. The second-order valence-corrected chi connectivity index (χ2v) is 4.43. The minimum atomic E-state index is 0. The molecule has 4 nitrogen and oxygen atoms in total. The van der Waals surface area contributed by atoms with Gasteiger partial charge in [0.1, 0.15) is 5.82 Å². The summed E-state index contributed by atoms with van der Waals surface area (Å²) in [5.74, 6) is 1.44. The third-order valence-corrected chi connectivity index (χ3v) is 3.04. The number of halogens is 1. The lowest BCUT2D eigenvalue weighted by Gasteiger charge is -2.10. The Morgan fingerprint density at radius 3 is 2.38 bits per heavy atom. The molecule has 0 saturated carbocycles. The Labute approximate surface area is 129 Å². The van der Waals surface area contributed by atoms with Crippen LogP contribution in [0.5, 0.6) is 0 Å². The molecule has 3 aromatic rings. The number of anilines is 1. The Morgan fingerprint density at radius 1 is 0.905 bits per heavy atom. The lowest BCUT2D eigenvalue weighted by Crippen LogP contribution is -2.08. The Bertz CT molecular complexity index is 719. The highest BCUT2D eigenvalue weighted by atomic mass is 35.5. The molecule has 3 rings (SSSR count). The van der Waals surface area contributed by atoms with Gasteiger partial charge in [0.15, 0.2) is 5.82 Å². The maximum atomic E-state index is 8.98. The van der Waals surface area contributed by atoms with E-state index in [1.54, 1.807) is 0 Å². The molecule has 1 aromatic heterocycles. The quantitative estimate of drug-likeness (QED) is 0.777. The fourth-order valence-electron chi connectivity index (χ4n) is 2.10. The SMILES string of the molecule is Cl.OCCNc1nc(-c2ccccc2)nc2ccccc12. The van der Waals surface area contributed by atoms with E-state index in [2.05, 4.69) is 15.3 Å². The van der Waals surface area contributed by atoms with Crippen LogP contribution in [0.15, 0.2) is 54.6 Å². The number of aliphatic hydroxyl groups excluding tert-OH is 1. The molecule has 0 saturated heterocycles. The number of fused-ring (bicyclic) bond motifs is 1. The highest BCUT2D eigenvalue weighted by Crippen LogP contribution is 2.24. The molecule has 2 N–H and O–H groups in total. The molecule has 0 aliphatic carbocycles. The summed E-state index contributed by atoms with van der Waals surface area (Å²) in [6.07, 6.45) is 0. The van der Waals surface area contributed by atoms with E-state index in [4.69, 9.17) is 5.11 Å². The lowest BCUT2D eigenvalue weighted by atomic mass is 10.2. The summed E-state index contributed by atoms with van der Waals surface area (Å²) in [4.78, 5) is 9.18. The van der Waals surface area contributed by atoms with Crippen molar-refractivity contribution < 1.29 is 5.11 Å². The average molecular weight is 302 g/mol. The molecule has 0 fully saturated rings. The maximum absolute atomic E-state index is 8.98. The van der Waals surface area contributed by atoms with Crippen molar-refractivity contribution in [2.45, 2.75) is 0 Å². The van der Waals surface area contributed by atoms with Crippen LogP contribution >= 0.6 is 12.4 Å². The normalized spacial score (nSPS) is 10.1. The maximum Gasteiger partial charge on any atom is 0.162 e. The molecule has 21 heavy (non-hydrogen) atoms. The molecule has 5 heteroatoms. The number of hydrogen-bond donors (Lipinski definition) is 2. The van der Waals surface area contributed by atoms with Crippen molar-refractivity contribution in [3.05, 3.63) is 54.6 Å². The predicted octanol–water partition coefficient (Wildman–Crippen LogP) is 3.12. The van der Waals surface area contributed by atoms with E-state index in [0.29, 0.717) is 12.4 Å². The van der Waals surface area contributed by atoms with Crippen molar-refractivity contribution in [2.75, 3.05) is 18.5 Å². The minimum absolute atomic E-state index is 0. The highest BCUT2D eigenvalue weighted by Gasteiger charge is 2.08. The van der Waals surface area contributed by atoms with Gasteiger partial charge in [0.05, 0.1) is 12.1 Å². The fourth-order valence-corrected chi connectivity index (χ4v) is 2.10. The predicted molar refractivity (Wildman–Crippen MR) is 87.8 cm³/mol.